The van der Waals surface area contributed by atoms with Gasteiger partial charge in [-0.05, 0) is 31.4 Å². The molecule has 0 unspecified atom stereocenters. The Morgan fingerprint density at radius 2 is 2.22 bits per heavy atom. The second-order valence-electron chi connectivity index (χ2n) is 5.03. The molecule has 4 nitrogen and oxygen atoms in total. The van der Waals surface area contributed by atoms with Gasteiger partial charge in [0, 0.05) is 25.5 Å². The van der Waals surface area contributed by atoms with Crippen molar-refractivity contribution in [1.29, 1.82) is 0 Å². The number of hydrogen-bond donors (Lipinski definition) is 2. The molecule has 0 amide bonds. The van der Waals surface area contributed by atoms with Gasteiger partial charge in [-0.15, -0.1) is 0 Å². The van der Waals surface area contributed by atoms with E-state index in [4.69, 9.17) is 11.6 Å². The second-order valence-corrected chi connectivity index (χ2v) is 5.46. The molecule has 2 aromatic rings. The normalized spacial score (nSPS) is 17.9. The molecule has 96 valence electrons. The average molecular weight is 266 g/mol. The van der Waals surface area contributed by atoms with Crippen LogP contribution in [0.5, 0.6) is 0 Å². The van der Waals surface area contributed by atoms with Crippen molar-refractivity contribution in [2.45, 2.75) is 31.4 Å². The largest absolute Gasteiger partial charge is 0.389 e. The van der Waals surface area contributed by atoms with E-state index < -0.39 is 5.60 Å². The molecule has 0 saturated heterocycles. The molecular weight excluding hydrogens is 250 g/mol. The summed E-state index contributed by atoms with van der Waals surface area (Å²) in [7, 11) is 0. The molecule has 5 heteroatoms. The number of fused-ring (bicyclic) bond motifs is 1. The molecule has 1 aliphatic rings. The summed E-state index contributed by atoms with van der Waals surface area (Å²) in [6.07, 6.45) is 6.73. The fourth-order valence-corrected chi connectivity index (χ4v) is 2.46. The molecule has 2 aromatic heterocycles. The van der Waals surface area contributed by atoms with E-state index in [-0.39, 0.29) is 0 Å². The van der Waals surface area contributed by atoms with E-state index in [0.29, 0.717) is 18.1 Å². The summed E-state index contributed by atoms with van der Waals surface area (Å²) < 4.78 is 1.91. The van der Waals surface area contributed by atoms with Gasteiger partial charge >= 0.3 is 0 Å². The van der Waals surface area contributed by atoms with E-state index >= 15 is 0 Å². The highest BCUT2D eigenvalue weighted by molar-refractivity contribution is 6.30. The first kappa shape index (κ1) is 12.0. The van der Waals surface area contributed by atoms with E-state index in [2.05, 4.69) is 10.3 Å². The monoisotopic (exact) mass is 265 g/mol. The van der Waals surface area contributed by atoms with Crippen LogP contribution in [0.4, 0.5) is 0 Å². The number of nitrogens with one attached hydrogen (secondary N) is 1. The topological polar surface area (TPSA) is 49.6 Å². The molecule has 0 atom stereocenters. The van der Waals surface area contributed by atoms with Crippen LogP contribution in [0.15, 0.2) is 24.5 Å². The van der Waals surface area contributed by atoms with Crippen molar-refractivity contribution in [2.24, 2.45) is 0 Å². The molecule has 1 aliphatic carbocycles. The van der Waals surface area contributed by atoms with Crippen molar-refractivity contribution < 1.29 is 5.11 Å². The highest BCUT2D eigenvalue weighted by Crippen LogP contribution is 2.30. The summed E-state index contributed by atoms with van der Waals surface area (Å²) in [6.45, 7) is 1.31. The van der Waals surface area contributed by atoms with Crippen molar-refractivity contribution in [1.82, 2.24) is 14.7 Å². The Hall–Kier alpha value is -1.10. The van der Waals surface area contributed by atoms with Crippen LogP contribution < -0.4 is 5.32 Å². The summed E-state index contributed by atoms with van der Waals surface area (Å²) >= 11 is 5.92. The van der Waals surface area contributed by atoms with Gasteiger partial charge in [-0.1, -0.05) is 11.6 Å². The van der Waals surface area contributed by atoms with Gasteiger partial charge < -0.3 is 14.8 Å². The van der Waals surface area contributed by atoms with Gasteiger partial charge in [-0.25, -0.2) is 4.98 Å². The van der Waals surface area contributed by atoms with Crippen molar-refractivity contribution in [2.75, 3.05) is 6.54 Å². The molecule has 2 N–H and O–H groups in total. The fraction of sp³-hybridized carbons (Fsp3) is 0.462. The van der Waals surface area contributed by atoms with Gasteiger partial charge in [0.2, 0.25) is 0 Å². The molecule has 0 aliphatic heterocycles. The quantitative estimate of drug-likeness (QED) is 0.889. The first-order chi connectivity index (χ1) is 8.65. The predicted octanol–water partition coefficient (Wildman–Crippen LogP) is 1.99. The third kappa shape index (κ3) is 2.36. The number of nitrogens with zero attached hydrogens (tertiary/aromatic N) is 2. The molecule has 0 aromatic carbocycles. The Morgan fingerprint density at radius 3 is 2.94 bits per heavy atom. The number of aromatic nitrogens is 2. The van der Waals surface area contributed by atoms with Gasteiger partial charge in [0.05, 0.1) is 16.3 Å². The zero-order chi connectivity index (χ0) is 12.6. The first-order valence-electron chi connectivity index (χ1n) is 6.21. The zero-order valence-corrected chi connectivity index (χ0v) is 10.8. The first-order valence-corrected chi connectivity index (χ1v) is 6.59. The maximum Gasteiger partial charge on any atom is 0.137 e. The lowest BCUT2D eigenvalue weighted by Gasteiger charge is -2.36. The Kier molecular flexibility index (Phi) is 3.01. The lowest BCUT2D eigenvalue weighted by Crippen LogP contribution is -2.46. The number of imidazole rings is 1. The summed E-state index contributed by atoms with van der Waals surface area (Å²) in [5.74, 6) is 0. The van der Waals surface area contributed by atoms with Gasteiger partial charge in [0.25, 0.3) is 0 Å². The minimum Gasteiger partial charge on any atom is -0.389 e. The molecule has 0 spiro atoms. The summed E-state index contributed by atoms with van der Waals surface area (Å²) in [5.41, 5.74) is 1.36. The third-order valence-electron chi connectivity index (χ3n) is 3.51. The average Bonchev–Trinajstić information content (AvgIpc) is 2.68. The number of rotatable bonds is 4. The van der Waals surface area contributed by atoms with Crippen molar-refractivity contribution in [3.05, 3.63) is 35.2 Å². The van der Waals surface area contributed by atoms with Crippen LogP contribution in [-0.4, -0.2) is 26.6 Å². The van der Waals surface area contributed by atoms with E-state index in [1.807, 2.05) is 28.9 Å². The minimum atomic E-state index is -0.484. The molecule has 0 bridgehead atoms. The molecule has 0 radical (unpaired) electrons. The highest BCUT2D eigenvalue weighted by atomic mass is 35.5. The number of aliphatic hydroxyl groups is 1. The molecule has 1 saturated carbocycles. The highest BCUT2D eigenvalue weighted by Gasteiger charge is 2.33. The molecule has 2 heterocycles. The van der Waals surface area contributed by atoms with Crippen LogP contribution in [-0.2, 0) is 6.54 Å². The van der Waals surface area contributed by atoms with Crippen LogP contribution in [0, 0.1) is 0 Å². The van der Waals surface area contributed by atoms with Crippen LogP contribution in [0.3, 0.4) is 0 Å². The number of hydrogen-bond acceptors (Lipinski definition) is 3. The number of pyridine rings is 1. The SMILES string of the molecule is OC1(CNCc2cn3cc(Cl)ccc3n2)CCC1. The lowest BCUT2D eigenvalue weighted by atomic mass is 9.80. The Bertz CT molecular complexity index is 562. The maximum atomic E-state index is 9.96. The van der Waals surface area contributed by atoms with Crippen molar-refractivity contribution in [3.63, 3.8) is 0 Å². The summed E-state index contributed by atoms with van der Waals surface area (Å²) in [6, 6.07) is 3.73. The summed E-state index contributed by atoms with van der Waals surface area (Å²) in [5, 5.41) is 13.9. The molecule has 1 fully saturated rings. The minimum absolute atomic E-state index is 0.484. The van der Waals surface area contributed by atoms with Gasteiger partial charge in [-0.3, -0.25) is 0 Å². The molecular formula is C13H16ClN3O. The zero-order valence-electron chi connectivity index (χ0n) is 10.1. The van der Waals surface area contributed by atoms with Crippen molar-refractivity contribution in [3.8, 4) is 0 Å². The Morgan fingerprint density at radius 1 is 1.39 bits per heavy atom. The molecule has 3 rings (SSSR count). The van der Waals surface area contributed by atoms with Gasteiger partial charge in [0.1, 0.15) is 5.65 Å². The van der Waals surface area contributed by atoms with E-state index in [1.165, 1.54) is 0 Å². The van der Waals surface area contributed by atoms with Crippen LogP contribution in [0.1, 0.15) is 25.0 Å². The van der Waals surface area contributed by atoms with Crippen LogP contribution >= 0.6 is 11.6 Å². The molecule has 18 heavy (non-hydrogen) atoms. The van der Waals surface area contributed by atoms with E-state index in [0.717, 1.165) is 30.6 Å². The fourth-order valence-electron chi connectivity index (χ4n) is 2.29. The third-order valence-corrected chi connectivity index (χ3v) is 3.73. The van der Waals surface area contributed by atoms with Crippen LogP contribution in [0.25, 0.3) is 5.65 Å². The number of halogens is 1. The predicted molar refractivity (Wildman–Crippen MR) is 70.7 cm³/mol. The second kappa shape index (κ2) is 4.53. The van der Waals surface area contributed by atoms with Gasteiger partial charge in [-0.2, -0.15) is 0 Å². The van der Waals surface area contributed by atoms with Crippen LogP contribution in [0.2, 0.25) is 5.02 Å². The maximum absolute atomic E-state index is 9.96. The van der Waals surface area contributed by atoms with Crippen molar-refractivity contribution >= 4 is 17.2 Å². The standard InChI is InChI=1S/C13H16ClN3O/c14-10-2-3-12-16-11(8-17(12)7-10)6-15-9-13(18)4-1-5-13/h2-3,7-8,15,18H,1,4-6,9H2. The lowest BCUT2D eigenvalue weighted by molar-refractivity contribution is -0.0315. The van der Waals surface area contributed by atoms with Gasteiger partial charge in [0.15, 0.2) is 0 Å². The van der Waals surface area contributed by atoms with E-state index in [9.17, 15) is 5.11 Å². The van der Waals surface area contributed by atoms with E-state index in [1.54, 1.807) is 0 Å². The smallest absolute Gasteiger partial charge is 0.137 e. The Labute approximate surface area is 111 Å². The summed E-state index contributed by atoms with van der Waals surface area (Å²) in [4.78, 5) is 4.48. The Balaban J connectivity index is 1.64.